The molecule has 0 atom stereocenters. The zero-order chi connectivity index (χ0) is 30.6. The zero-order valence-corrected chi connectivity index (χ0v) is 25.5. The van der Waals surface area contributed by atoms with E-state index in [2.05, 4.69) is 168 Å². The number of rotatable bonds is 4. The van der Waals surface area contributed by atoms with Gasteiger partial charge in [0.25, 0.3) is 0 Å². The van der Waals surface area contributed by atoms with Gasteiger partial charge in [-0.15, -0.1) is 0 Å². The fourth-order valence-electron chi connectivity index (χ4n) is 7.16. The summed E-state index contributed by atoms with van der Waals surface area (Å²) in [6, 6.07) is 54.9. The highest BCUT2D eigenvalue weighted by Gasteiger charge is 2.13. The molecule has 0 saturated heterocycles. The summed E-state index contributed by atoms with van der Waals surface area (Å²) in [4.78, 5) is 4.58. The van der Waals surface area contributed by atoms with Crippen LogP contribution in [0.1, 0.15) is 18.1 Å². The molecule has 0 radical (unpaired) electrons. The van der Waals surface area contributed by atoms with Crippen LogP contribution in [0.3, 0.4) is 0 Å². The molecule has 216 valence electrons. The highest BCUT2D eigenvalue weighted by molar-refractivity contribution is 6.11. The molecule has 2 nitrogen and oxygen atoms in total. The summed E-state index contributed by atoms with van der Waals surface area (Å²) in [5.41, 5.74) is 9.40. The molecule has 9 rings (SSSR count). The molecule has 7 aromatic carbocycles. The van der Waals surface area contributed by atoms with E-state index < -0.39 is 0 Å². The second-order valence-corrected chi connectivity index (χ2v) is 12.1. The molecule has 2 heterocycles. The van der Waals surface area contributed by atoms with Gasteiger partial charge in [-0.1, -0.05) is 115 Å². The van der Waals surface area contributed by atoms with Gasteiger partial charge in [0, 0.05) is 28.0 Å². The molecule has 0 aliphatic rings. The standard InChI is InChI=1S/C44H30N2/c1-29(30-18-22-35(23-19-30)46-42-16-4-2-13-37(42)38-14-3-5-17-43(38)46)27-40(33-21-25-41-34(28-33)12-8-26-45-41)36-24-20-32-10-6-9-31-11-7-15-39(36)44(31)32/h2-28H,1H3/b29-27+,40-36+. The lowest BCUT2D eigenvalue weighted by atomic mass is 9.92. The summed E-state index contributed by atoms with van der Waals surface area (Å²) >= 11 is 0. The van der Waals surface area contributed by atoms with Gasteiger partial charge in [-0.3, -0.25) is 4.98 Å². The van der Waals surface area contributed by atoms with Crippen molar-refractivity contribution in [1.29, 1.82) is 0 Å². The summed E-state index contributed by atoms with van der Waals surface area (Å²) in [7, 11) is 0. The maximum Gasteiger partial charge on any atom is 0.0702 e. The molecule has 0 bridgehead atoms. The van der Waals surface area contributed by atoms with Gasteiger partial charge in [-0.25, -0.2) is 0 Å². The Morgan fingerprint density at radius 2 is 1.17 bits per heavy atom. The second kappa shape index (κ2) is 10.6. The number of benzene rings is 7. The number of hydrogen-bond donors (Lipinski definition) is 0. The molecule has 2 aromatic heterocycles. The number of fused-ring (bicyclic) bond motifs is 4. The fraction of sp³-hybridized carbons (Fsp3) is 0.0227. The summed E-state index contributed by atoms with van der Waals surface area (Å²) in [6.07, 6.45) is 4.22. The molecule has 0 aliphatic carbocycles. The van der Waals surface area contributed by atoms with Crippen molar-refractivity contribution in [2.75, 3.05) is 0 Å². The Balaban J connectivity index is 1.23. The Hall–Kier alpha value is -5.99. The van der Waals surface area contributed by atoms with Gasteiger partial charge >= 0.3 is 0 Å². The summed E-state index contributed by atoms with van der Waals surface area (Å²) in [5, 5.41) is 10.0. The third kappa shape index (κ3) is 4.22. The van der Waals surface area contributed by atoms with E-state index in [-0.39, 0.29) is 0 Å². The molecule has 0 fully saturated rings. The molecule has 46 heavy (non-hydrogen) atoms. The quantitative estimate of drug-likeness (QED) is 0.201. The van der Waals surface area contributed by atoms with Crippen molar-refractivity contribution in [3.63, 3.8) is 0 Å². The monoisotopic (exact) mass is 586 g/mol. The van der Waals surface area contributed by atoms with E-state index in [4.69, 9.17) is 0 Å². The smallest absolute Gasteiger partial charge is 0.0702 e. The van der Waals surface area contributed by atoms with E-state index in [0.717, 1.165) is 16.6 Å². The topological polar surface area (TPSA) is 17.8 Å². The van der Waals surface area contributed by atoms with Crippen molar-refractivity contribution in [2.45, 2.75) is 6.92 Å². The van der Waals surface area contributed by atoms with Crippen molar-refractivity contribution < 1.29 is 0 Å². The third-order valence-corrected chi connectivity index (χ3v) is 9.38. The van der Waals surface area contributed by atoms with Crippen LogP contribution in [0.25, 0.3) is 71.1 Å². The number of aromatic nitrogens is 2. The lowest BCUT2D eigenvalue weighted by molar-refractivity contribution is 1.18. The van der Waals surface area contributed by atoms with Crippen LogP contribution >= 0.6 is 0 Å². The number of nitrogens with zero attached hydrogens (tertiary/aromatic N) is 2. The van der Waals surface area contributed by atoms with Gasteiger partial charge in [-0.05, 0) is 98.4 Å². The van der Waals surface area contributed by atoms with Crippen molar-refractivity contribution in [3.8, 4) is 5.69 Å². The van der Waals surface area contributed by atoms with Crippen LogP contribution in [-0.2, 0) is 0 Å². The lowest BCUT2D eigenvalue weighted by Gasteiger charge is -2.13. The van der Waals surface area contributed by atoms with Crippen LogP contribution < -0.4 is 5.22 Å². The van der Waals surface area contributed by atoms with E-state index in [9.17, 15) is 0 Å². The molecular formula is C44H30N2. The average molecular weight is 587 g/mol. The van der Waals surface area contributed by atoms with Gasteiger partial charge in [0.05, 0.1) is 16.6 Å². The Morgan fingerprint density at radius 3 is 1.93 bits per heavy atom. The average Bonchev–Trinajstić information content (AvgIpc) is 3.45. The number of allylic oxidation sites excluding steroid dienone is 2. The highest BCUT2D eigenvalue weighted by atomic mass is 15.0. The van der Waals surface area contributed by atoms with Gasteiger partial charge < -0.3 is 4.57 Å². The highest BCUT2D eigenvalue weighted by Crippen LogP contribution is 2.33. The molecule has 9 aromatic rings. The molecule has 0 N–H and O–H groups in total. The largest absolute Gasteiger partial charge is 0.309 e. The minimum Gasteiger partial charge on any atom is -0.309 e. The van der Waals surface area contributed by atoms with Crippen molar-refractivity contribution >= 4 is 65.4 Å². The first-order valence-corrected chi connectivity index (χ1v) is 15.8. The van der Waals surface area contributed by atoms with Crippen LogP contribution in [0.15, 0.2) is 164 Å². The molecular weight excluding hydrogens is 556 g/mol. The van der Waals surface area contributed by atoms with Crippen molar-refractivity contribution in [2.24, 2.45) is 0 Å². The molecule has 0 unspecified atom stereocenters. The Labute approximate surface area is 267 Å². The predicted molar refractivity (Wildman–Crippen MR) is 195 cm³/mol. The Kier molecular flexibility index (Phi) is 6.07. The van der Waals surface area contributed by atoms with Crippen LogP contribution in [0.5, 0.6) is 0 Å². The zero-order valence-electron chi connectivity index (χ0n) is 25.5. The van der Waals surface area contributed by atoms with Crippen LogP contribution in [-0.4, -0.2) is 9.55 Å². The number of para-hydroxylation sites is 2. The van der Waals surface area contributed by atoms with Crippen LogP contribution in [0, 0.1) is 0 Å². The van der Waals surface area contributed by atoms with Crippen molar-refractivity contribution in [3.05, 3.63) is 180 Å². The molecule has 2 heteroatoms. The minimum atomic E-state index is 1.00. The van der Waals surface area contributed by atoms with Gasteiger partial charge in [0.2, 0.25) is 0 Å². The Bertz CT molecular complexity index is 2610. The normalized spacial score (nSPS) is 12.9. The fourth-order valence-corrected chi connectivity index (χ4v) is 7.16. The predicted octanol–water partition coefficient (Wildman–Crippen LogP) is 10.7. The van der Waals surface area contributed by atoms with Crippen LogP contribution in [0.2, 0.25) is 0 Å². The maximum atomic E-state index is 4.58. The first kappa shape index (κ1) is 26.4. The van der Waals surface area contributed by atoms with E-state index >= 15 is 0 Å². The SMILES string of the molecule is C/C(=C\C(c1ccc2ncccc2c1)=c1\ccc2cccc3cccc1c32)c1ccc(-n2c3ccccc3c3ccccc32)cc1. The van der Waals surface area contributed by atoms with E-state index in [1.807, 2.05) is 12.3 Å². The second-order valence-electron chi connectivity index (χ2n) is 12.1. The number of pyridine rings is 1. The molecule has 0 spiro atoms. The van der Waals surface area contributed by atoms with Crippen LogP contribution in [0.4, 0.5) is 0 Å². The maximum absolute atomic E-state index is 4.58. The first-order valence-electron chi connectivity index (χ1n) is 15.8. The molecule has 0 saturated carbocycles. The first-order chi connectivity index (χ1) is 22.7. The lowest BCUT2D eigenvalue weighted by Crippen LogP contribution is -2.08. The van der Waals surface area contributed by atoms with Gasteiger partial charge in [0.15, 0.2) is 0 Å². The number of hydrogen-bond acceptors (Lipinski definition) is 1. The van der Waals surface area contributed by atoms with Crippen molar-refractivity contribution in [1.82, 2.24) is 9.55 Å². The molecule has 0 amide bonds. The summed E-state index contributed by atoms with van der Waals surface area (Å²) < 4.78 is 2.37. The summed E-state index contributed by atoms with van der Waals surface area (Å²) in [5.74, 6) is 0. The van der Waals surface area contributed by atoms with E-state index in [1.165, 1.54) is 70.8 Å². The minimum absolute atomic E-state index is 1.00. The van der Waals surface area contributed by atoms with E-state index in [1.54, 1.807) is 0 Å². The third-order valence-electron chi connectivity index (χ3n) is 9.38. The van der Waals surface area contributed by atoms with E-state index in [0.29, 0.717) is 0 Å². The van der Waals surface area contributed by atoms with Gasteiger partial charge in [-0.2, -0.15) is 0 Å². The Morgan fingerprint density at radius 1 is 0.543 bits per heavy atom. The molecule has 0 aliphatic heterocycles. The summed E-state index contributed by atoms with van der Waals surface area (Å²) in [6.45, 7) is 2.22. The van der Waals surface area contributed by atoms with Gasteiger partial charge in [0.1, 0.15) is 0 Å².